The maximum atomic E-state index is 5.51. The summed E-state index contributed by atoms with van der Waals surface area (Å²) in [5.74, 6) is 2.39. The van der Waals surface area contributed by atoms with Gasteiger partial charge in [-0.05, 0) is 49.7 Å². The fourth-order valence-electron chi connectivity index (χ4n) is 3.84. The monoisotopic (exact) mass is 313 g/mol. The van der Waals surface area contributed by atoms with Crippen LogP contribution < -0.4 is 4.90 Å². The quantitative estimate of drug-likeness (QED) is 0.869. The van der Waals surface area contributed by atoms with Crippen LogP contribution in [0.25, 0.3) is 11.3 Å². The molecule has 23 heavy (non-hydrogen) atoms. The van der Waals surface area contributed by atoms with Crippen molar-refractivity contribution in [3.8, 4) is 11.3 Å². The number of nitrogens with zero attached hydrogens (tertiary/aromatic N) is 3. The van der Waals surface area contributed by atoms with Crippen molar-refractivity contribution in [2.45, 2.75) is 25.7 Å². The molecule has 1 unspecified atom stereocenters. The predicted octanol–water partition coefficient (Wildman–Crippen LogP) is 3.38. The van der Waals surface area contributed by atoms with E-state index in [4.69, 9.17) is 14.1 Å². The highest BCUT2D eigenvalue weighted by molar-refractivity contribution is 5.58. The topological polar surface area (TPSA) is 51.4 Å². The van der Waals surface area contributed by atoms with Gasteiger partial charge in [0, 0.05) is 38.1 Å². The summed E-state index contributed by atoms with van der Waals surface area (Å²) in [5, 5.41) is 0. The Morgan fingerprint density at radius 3 is 2.83 bits per heavy atom. The lowest BCUT2D eigenvalue weighted by Crippen LogP contribution is -2.40. The fourth-order valence-corrected chi connectivity index (χ4v) is 3.84. The van der Waals surface area contributed by atoms with Crippen LogP contribution in [0.4, 0.5) is 5.95 Å². The lowest BCUT2D eigenvalue weighted by atomic mass is 9.81. The van der Waals surface area contributed by atoms with E-state index in [0.29, 0.717) is 0 Å². The number of furan rings is 1. The highest BCUT2D eigenvalue weighted by Gasteiger charge is 2.29. The summed E-state index contributed by atoms with van der Waals surface area (Å²) in [5.41, 5.74) is 1.93. The van der Waals surface area contributed by atoms with Gasteiger partial charge >= 0.3 is 0 Å². The van der Waals surface area contributed by atoms with Crippen LogP contribution in [0.1, 0.15) is 25.7 Å². The Kier molecular flexibility index (Phi) is 4.28. The van der Waals surface area contributed by atoms with Crippen LogP contribution in [0, 0.1) is 11.8 Å². The molecule has 0 aromatic carbocycles. The molecule has 4 heterocycles. The summed E-state index contributed by atoms with van der Waals surface area (Å²) in [6.45, 7) is 3.97. The average Bonchev–Trinajstić information content (AvgIpc) is 3.18. The highest BCUT2D eigenvalue weighted by atomic mass is 16.5. The zero-order valence-corrected chi connectivity index (χ0v) is 13.4. The third-order valence-corrected chi connectivity index (χ3v) is 5.13. The smallest absolute Gasteiger partial charge is 0.225 e. The van der Waals surface area contributed by atoms with Gasteiger partial charge in [0.25, 0.3) is 0 Å². The number of rotatable bonds is 3. The molecule has 0 saturated carbocycles. The third kappa shape index (κ3) is 3.24. The number of hydrogen-bond acceptors (Lipinski definition) is 5. The average molecular weight is 313 g/mol. The molecule has 2 saturated heterocycles. The molecule has 1 atom stereocenters. The molecule has 2 aromatic heterocycles. The van der Waals surface area contributed by atoms with E-state index in [1.54, 1.807) is 12.5 Å². The summed E-state index contributed by atoms with van der Waals surface area (Å²) in [6, 6.07) is 3.88. The minimum atomic E-state index is 0.744. The zero-order chi connectivity index (χ0) is 15.5. The summed E-state index contributed by atoms with van der Waals surface area (Å²) >= 11 is 0. The lowest BCUT2D eigenvalue weighted by Gasteiger charge is -2.38. The second-order valence-electron chi connectivity index (χ2n) is 6.55. The minimum Gasteiger partial charge on any atom is -0.472 e. The molecule has 122 valence electrons. The summed E-state index contributed by atoms with van der Waals surface area (Å²) in [6.07, 6.45) is 10.2. The van der Waals surface area contributed by atoms with Gasteiger partial charge in [0.15, 0.2) is 0 Å². The number of hydrogen-bond donors (Lipinski definition) is 0. The molecular formula is C18H23N3O2. The Morgan fingerprint density at radius 2 is 2.00 bits per heavy atom. The Morgan fingerprint density at radius 1 is 1.09 bits per heavy atom. The maximum Gasteiger partial charge on any atom is 0.225 e. The standard InChI is InChI=1S/C18H23N3O2/c1-2-15(14-4-9-22-10-5-14)12-21(8-1)18-19-7-3-17(20-18)16-6-11-23-13-16/h3,6-7,11,13-15H,1-2,4-5,8-10,12H2. The fraction of sp³-hybridized carbons (Fsp3) is 0.556. The van der Waals surface area contributed by atoms with Crippen molar-refractivity contribution in [3.63, 3.8) is 0 Å². The van der Waals surface area contributed by atoms with E-state index < -0.39 is 0 Å². The van der Waals surface area contributed by atoms with Gasteiger partial charge in [-0.2, -0.15) is 0 Å². The largest absolute Gasteiger partial charge is 0.472 e. The minimum absolute atomic E-state index is 0.744. The molecular weight excluding hydrogens is 290 g/mol. The normalized spacial score (nSPS) is 23.1. The number of anilines is 1. The summed E-state index contributed by atoms with van der Waals surface area (Å²) < 4.78 is 10.7. The molecule has 5 nitrogen and oxygen atoms in total. The van der Waals surface area contributed by atoms with Gasteiger partial charge in [-0.15, -0.1) is 0 Å². The second-order valence-corrected chi connectivity index (χ2v) is 6.55. The van der Waals surface area contributed by atoms with Gasteiger partial charge in [0.1, 0.15) is 0 Å². The third-order valence-electron chi connectivity index (χ3n) is 5.13. The Balaban J connectivity index is 1.50. The Bertz CT molecular complexity index is 623. The molecule has 0 aliphatic carbocycles. The Hall–Kier alpha value is -1.88. The predicted molar refractivity (Wildman–Crippen MR) is 88.2 cm³/mol. The van der Waals surface area contributed by atoms with E-state index in [2.05, 4.69) is 9.88 Å². The van der Waals surface area contributed by atoms with E-state index in [1.165, 1.54) is 25.7 Å². The number of piperidine rings is 1. The first-order chi connectivity index (χ1) is 11.4. The van der Waals surface area contributed by atoms with Crippen LogP contribution in [0.5, 0.6) is 0 Å². The van der Waals surface area contributed by atoms with Crippen molar-refractivity contribution in [2.75, 3.05) is 31.2 Å². The van der Waals surface area contributed by atoms with Crippen LogP contribution in [0.2, 0.25) is 0 Å². The van der Waals surface area contributed by atoms with Crippen LogP contribution in [-0.2, 0) is 4.74 Å². The van der Waals surface area contributed by atoms with Crippen LogP contribution in [0.3, 0.4) is 0 Å². The van der Waals surface area contributed by atoms with E-state index in [1.807, 2.05) is 18.3 Å². The van der Waals surface area contributed by atoms with Crippen molar-refractivity contribution in [3.05, 3.63) is 30.9 Å². The molecule has 2 aliphatic rings. The zero-order valence-electron chi connectivity index (χ0n) is 13.4. The van der Waals surface area contributed by atoms with E-state index in [0.717, 1.165) is 55.3 Å². The maximum absolute atomic E-state index is 5.51. The molecule has 2 fully saturated rings. The van der Waals surface area contributed by atoms with Crippen molar-refractivity contribution < 1.29 is 9.15 Å². The van der Waals surface area contributed by atoms with Crippen LogP contribution in [-0.4, -0.2) is 36.3 Å². The molecule has 0 radical (unpaired) electrons. The van der Waals surface area contributed by atoms with Crippen LogP contribution >= 0.6 is 0 Å². The van der Waals surface area contributed by atoms with Gasteiger partial charge in [-0.1, -0.05) is 0 Å². The van der Waals surface area contributed by atoms with E-state index >= 15 is 0 Å². The molecule has 0 spiro atoms. The van der Waals surface area contributed by atoms with Crippen molar-refractivity contribution >= 4 is 5.95 Å². The first-order valence-corrected chi connectivity index (χ1v) is 8.58. The molecule has 0 bridgehead atoms. The second kappa shape index (κ2) is 6.71. The van der Waals surface area contributed by atoms with E-state index in [9.17, 15) is 0 Å². The summed E-state index contributed by atoms with van der Waals surface area (Å²) in [7, 11) is 0. The van der Waals surface area contributed by atoms with E-state index in [-0.39, 0.29) is 0 Å². The number of ether oxygens (including phenoxy) is 1. The van der Waals surface area contributed by atoms with Crippen molar-refractivity contribution in [1.29, 1.82) is 0 Å². The van der Waals surface area contributed by atoms with Crippen molar-refractivity contribution in [1.82, 2.24) is 9.97 Å². The molecule has 2 aliphatic heterocycles. The van der Waals surface area contributed by atoms with Gasteiger partial charge in [-0.3, -0.25) is 0 Å². The van der Waals surface area contributed by atoms with Gasteiger partial charge in [0.2, 0.25) is 5.95 Å². The SMILES string of the molecule is c1cc(-c2ccoc2)nc(N2CCCC(C3CCOCC3)C2)n1. The molecule has 0 N–H and O–H groups in total. The van der Waals surface area contributed by atoms with Gasteiger partial charge in [0.05, 0.1) is 18.2 Å². The number of aromatic nitrogens is 2. The van der Waals surface area contributed by atoms with Crippen molar-refractivity contribution in [2.24, 2.45) is 11.8 Å². The molecule has 4 rings (SSSR count). The summed E-state index contributed by atoms with van der Waals surface area (Å²) in [4.78, 5) is 11.6. The van der Waals surface area contributed by atoms with Gasteiger partial charge < -0.3 is 14.1 Å². The molecule has 5 heteroatoms. The Labute approximate surface area is 136 Å². The van der Waals surface area contributed by atoms with Gasteiger partial charge in [-0.25, -0.2) is 9.97 Å². The first-order valence-electron chi connectivity index (χ1n) is 8.58. The molecule has 2 aromatic rings. The van der Waals surface area contributed by atoms with Crippen LogP contribution in [0.15, 0.2) is 35.3 Å². The highest BCUT2D eigenvalue weighted by Crippen LogP contribution is 2.32. The molecule has 0 amide bonds. The first kappa shape index (κ1) is 14.7. The lowest BCUT2D eigenvalue weighted by molar-refractivity contribution is 0.0437.